The maximum absolute atomic E-state index is 12.4. The summed E-state index contributed by atoms with van der Waals surface area (Å²) in [6, 6.07) is 5.43. The van der Waals surface area contributed by atoms with Crippen molar-refractivity contribution in [3.05, 3.63) is 45.7 Å². The Morgan fingerprint density at radius 3 is 2.68 bits per heavy atom. The Morgan fingerprint density at radius 1 is 1.36 bits per heavy atom. The van der Waals surface area contributed by atoms with E-state index < -0.39 is 11.9 Å². The summed E-state index contributed by atoms with van der Waals surface area (Å²) in [5, 5.41) is 0.604. The number of hydrazine groups is 1. The summed E-state index contributed by atoms with van der Waals surface area (Å²) in [6.45, 7) is 2.56. The summed E-state index contributed by atoms with van der Waals surface area (Å²) in [4.78, 5) is 25.6. The molecule has 0 unspecified atom stereocenters. The number of benzene rings is 1. The zero-order valence-electron chi connectivity index (χ0n) is 12.1. The van der Waals surface area contributed by atoms with Crippen molar-refractivity contribution in [3.63, 3.8) is 0 Å². The second kappa shape index (κ2) is 6.67. The van der Waals surface area contributed by atoms with Crippen molar-refractivity contribution in [1.82, 2.24) is 10.3 Å². The molecule has 0 aromatic heterocycles. The van der Waals surface area contributed by atoms with E-state index in [4.69, 9.17) is 27.9 Å². The fraction of sp³-hybridized carbons (Fsp3) is 0.286. The lowest BCUT2D eigenvalue weighted by atomic mass is 10.1. The standard InChI is InChI=1S/C14H17ClN4O3/c1-2-22-14(21)12(18-17)11(16)13(20)19-6-8-3-4-10(15)5-9(8)7-19/h3-5,18H,2,6-7,16-17H2,1H3/b12-11-. The van der Waals surface area contributed by atoms with Crippen molar-refractivity contribution < 1.29 is 14.3 Å². The van der Waals surface area contributed by atoms with Crippen LogP contribution in [0, 0.1) is 0 Å². The Balaban J connectivity index is 2.20. The van der Waals surface area contributed by atoms with Crippen molar-refractivity contribution in [3.8, 4) is 0 Å². The highest BCUT2D eigenvalue weighted by Gasteiger charge is 2.28. The van der Waals surface area contributed by atoms with E-state index in [1.54, 1.807) is 19.1 Å². The molecule has 1 aromatic carbocycles. The molecule has 2 rings (SSSR count). The topological polar surface area (TPSA) is 111 Å². The van der Waals surface area contributed by atoms with Gasteiger partial charge in [0.15, 0.2) is 5.70 Å². The largest absolute Gasteiger partial charge is 0.461 e. The van der Waals surface area contributed by atoms with Crippen molar-refractivity contribution >= 4 is 23.5 Å². The summed E-state index contributed by atoms with van der Waals surface area (Å²) in [5.41, 5.74) is 9.31. The first kappa shape index (κ1) is 16.1. The molecule has 0 spiro atoms. The average Bonchev–Trinajstić information content (AvgIpc) is 2.90. The number of hydrogen-bond acceptors (Lipinski definition) is 6. The maximum atomic E-state index is 12.4. The summed E-state index contributed by atoms with van der Waals surface area (Å²) >= 11 is 5.94. The highest BCUT2D eigenvalue weighted by molar-refractivity contribution is 6.30. The van der Waals surface area contributed by atoms with Crippen molar-refractivity contribution in [2.45, 2.75) is 20.0 Å². The van der Waals surface area contributed by atoms with Crippen LogP contribution in [0.25, 0.3) is 0 Å². The van der Waals surface area contributed by atoms with E-state index >= 15 is 0 Å². The number of nitrogens with one attached hydrogen (secondary N) is 1. The third kappa shape index (κ3) is 3.15. The first-order chi connectivity index (χ1) is 10.5. The van der Waals surface area contributed by atoms with Gasteiger partial charge >= 0.3 is 5.97 Å². The minimum atomic E-state index is -0.768. The van der Waals surface area contributed by atoms with Gasteiger partial charge in [0.25, 0.3) is 5.91 Å². The lowest BCUT2D eigenvalue weighted by Gasteiger charge is -2.17. The Bertz CT molecular complexity index is 645. The smallest absolute Gasteiger partial charge is 0.358 e. The number of fused-ring (bicyclic) bond motifs is 1. The van der Waals surface area contributed by atoms with Gasteiger partial charge in [-0.15, -0.1) is 0 Å². The first-order valence-corrected chi connectivity index (χ1v) is 7.05. The van der Waals surface area contributed by atoms with Crippen LogP contribution in [0.3, 0.4) is 0 Å². The number of rotatable bonds is 4. The number of amides is 1. The molecule has 1 aliphatic heterocycles. The van der Waals surface area contributed by atoms with Crippen LogP contribution in [0.15, 0.2) is 29.6 Å². The van der Waals surface area contributed by atoms with Crippen molar-refractivity contribution in [2.24, 2.45) is 11.6 Å². The van der Waals surface area contributed by atoms with Crippen LogP contribution in [-0.4, -0.2) is 23.4 Å². The molecule has 0 radical (unpaired) electrons. The van der Waals surface area contributed by atoms with E-state index in [1.165, 1.54) is 4.90 Å². The maximum Gasteiger partial charge on any atom is 0.358 e. The number of hydrogen-bond donors (Lipinski definition) is 3. The van der Waals surface area contributed by atoms with Crippen LogP contribution in [-0.2, 0) is 27.4 Å². The highest BCUT2D eigenvalue weighted by atomic mass is 35.5. The first-order valence-electron chi connectivity index (χ1n) is 6.68. The Kier molecular flexibility index (Phi) is 4.89. The van der Waals surface area contributed by atoms with Gasteiger partial charge in [-0.25, -0.2) is 4.79 Å². The van der Waals surface area contributed by atoms with Crippen LogP contribution in [0.1, 0.15) is 18.1 Å². The van der Waals surface area contributed by atoms with E-state index in [2.05, 4.69) is 5.43 Å². The van der Waals surface area contributed by atoms with E-state index in [1.807, 2.05) is 6.07 Å². The second-order valence-corrected chi connectivity index (χ2v) is 5.16. The molecule has 1 aromatic rings. The number of halogens is 1. The molecule has 1 heterocycles. The predicted octanol–water partition coefficient (Wildman–Crippen LogP) is 0.379. The molecule has 5 N–H and O–H groups in total. The molecular formula is C14H17ClN4O3. The third-order valence-electron chi connectivity index (χ3n) is 3.30. The van der Waals surface area contributed by atoms with Gasteiger partial charge < -0.3 is 20.8 Å². The monoisotopic (exact) mass is 324 g/mol. The fourth-order valence-electron chi connectivity index (χ4n) is 2.23. The van der Waals surface area contributed by atoms with Crippen LogP contribution in [0.5, 0.6) is 0 Å². The van der Waals surface area contributed by atoms with Gasteiger partial charge in [0.1, 0.15) is 5.70 Å². The van der Waals surface area contributed by atoms with Crippen LogP contribution < -0.4 is 17.0 Å². The van der Waals surface area contributed by atoms with Gasteiger partial charge in [-0.2, -0.15) is 0 Å². The summed E-state index contributed by atoms with van der Waals surface area (Å²) in [5.74, 6) is 4.01. The molecule has 22 heavy (non-hydrogen) atoms. The molecule has 0 saturated heterocycles. The van der Waals surface area contributed by atoms with E-state index in [0.29, 0.717) is 18.1 Å². The molecule has 0 fully saturated rings. The third-order valence-corrected chi connectivity index (χ3v) is 3.54. The molecule has 7 nitrogen and oxygen atoms in total. The molecule has 0 bridgehead atoms. The summed E-state index contributed by atoms with van der Waals surface area (Å²) in [7, 11) is 0. The van der Waals surface area contributed by atoms with Gasteiger partial charge in [0.05, 0.1) is 6.61 Å². The average molecular weight is 325 g/mol. The summed E-state index contributed by atoms with van der Waals surface area (Å²) < 4.78 is 4.80. The SMILES string of the molecule is CCOC(=O)/C(NN)=C(/N)C(=O)N1Cc2ccc(Cl)cc2C1. The van der Waals surface area contributed by atoms with Crippen molar-refractivity contribution in [2.75, 3.05) is 6.61 Å². The molecule has 8 heteroatoms. The number of esters is 1. The number of nitrogens with two attached hydrogens (primary N) is 2. The molecule has 1 amide bonds. The Hall–Kier alpha value is -2.25. The quantitative estimate of drug-likeness (QED) is 0.319. The lowest BCUT2D eigenvalue weighted by molar-refractivity contribution is -0.139. The van der Waals surface area contributed by atoms with Gasteiger partial charge in [-0.1, -0.05) is 17.7 Å². The van der Waals surface area contributed by atoms with E-state index in [9.17, 15) is 9.59 Å². The fourth-order valence-corrected chi connectivity index (χ4v) is 2.43. The van der Waals surface area contributed by atoms with E-state index in [0.717, 1.165) is 11.1 Å². The number of carbonyl (C=O) groups is 2. The summed E-state index contributed by atoms with van der Waals surface area (Å²) in [6.07, 6.45) is 0. The second-order valence-electron chi connectivity index (χ2n) is 4.73. The van der Waals surface area contributed by atoms with Gasteiger partial charge in [0, 0.05) is 18.1 Å². The zero-order valence-corrected chi connectivity index (χ0v) is 12.8. The number of nitrogens with zero attached hydrogens (tertiary/aromatic N) is 1. The zero-order chi connectivity index (χ0) is 16.3. The van der Waals surface area contributed by atoms with Crippen LogP contribution in [0.2, 0.25) is 5.02 Å². The number of ether oxygens (including phenoxy) is 1. The minimum Gasteiger partial charge on any atom is -0.461 e. The lowest BCUT2D eigenvalue weighted by Crippen LogP contribution is -2.38. The van der Waals surface area contributed by atoms with Gasteiger partial charge in [-0.05, 0) is 30.2 Å². The predicted molar refractivity (Wildman–Crippen MR) is 80.9 cm³/mol. The Morgan fingerprint density at radius 2 is 2.05 bits per heavy atom. The van der Waals surface area contributed by atoms with Crippen molar-refractivity contribution in [1.29, 1.82) is 0 Å². The molecule has 1 aliphatic rings. The highest BCUT2D eigenvalue weighted by Crippen LogP contribution is 2.26. The van der Waals surface area contributed by atoms with E-state index in [-0.39, 0.29) is 18.0 Å². The molecular weight excluding hydrogens is 308 g/mol. The van der Waals surface area contributed by atoms with Gasteiger partial charge in [-0.3, -0.25) is 10.6 Å². The Labute approximate surface area is 132 Å². The molecule has 0 saturated carbocycles. The van der Waals surface area contributed by atoms with Gasteiger partial charge in [0.2, 0.25) is 0 Å². The molecule has 118 valence electrons. The van der Waals surface area contributed by atoms with Crippen LogP contribution in [0.4, 0.5) is 0 Å². The minimum absolute atomic E-state index is 0.152. The molecule has 0 atom stereocenters. The number of carbonyl (C=O) groups excluding carboxylic acids is 2. The normalized spacial score (nSPS) is 14.2. The van der Waals surface area contributed by atoms with Crippen LogP contribution >= 0.6 is 11.6 Å². The molecule has 0 aliphatic carbocycles.